The van der Waals surface area contributed by atoms with Crippen LogP contribution in [0.25, 0.3) is 11.2 Å². The van der Waals surface area contributed by atoms with E-state index in [-0.39, 0.29) is 35.9 Å². The number of H-pyrrole nitrogens is 1. The molecule has 1 aliphatic heterocycles. The summed E-state index contributed by atoms with van der Waals surface area (Å²) < 4.78 is 1.54. The fraction of sp³-hybridized carbons (Fsp3) is 0.385. The highest BCUT2D eigenvalue weighted by molar-refractivity contribution is 5.93. The van der Waals surface area contributed by atoms with Gasteiger partial charge in [0, 0.05) is 13.1 Å². The van der Waals surface area contributed by atoms with Crippen molar-refractivity contribution in [1.82, 2.24) is 24.4 Å². The number of carbonyl (C=O) groups is 1. The number of likely N-dealkylation sites (tertiary alicyclic amines) is 1. The minimum absolute atomic E-state index is 0. The van der Waals surface area contributed by atoms with Gasteiger partial charge in [0.2, 0.25) is 0 Å². The predicted octanol–water partition coefficient (Wildman–Crippen LogP) is -0.0797. The van der Waals surface area contributed by atoms with Crippen LogP contribution in [0.1, 0.15) is 19.4 Å². The Hall–Kier alpha value is -2.53. The Labute approximate surface area is 132 Å². The van der Waals surface area contributed by atoms with Crippen molar-refractivity contribution in [3.63, 3.8) is 0 Å². The Morgan fingerprint density at radius 3 is 3.00 bits per heavy atom. The van der Waals surface area contributed by atoms with Crippen molar-refractivity contribution in [1.29, 1.82) is 0 Å². The van der Waals surface area contributed by atoms with Gasteiger partial charge in [-0.25, -0.2) is 14.8 Å². The molecule has 1 aliphatic rings. The van der Waals surface area contributed by atoms with E-state index in [4.69, 9.17) is 5.73 Å². The number of carbonyl (C=O) groups excluding carboxylic acids is 1. The lowest BCUT2D eigenvalue weighted by atomic mass is 10.2. The molecular weight excluding hydrogens is 308 g/mol. The van der Waals surface area contributed by atoms with Crippen LogP contribution in [0.15, 0.2) is 11.1 Å². The second-order valence-electron chi connectivity index (χ2n) is 4.83. The molecule has 0 saturated carbocycles. The standard InChI is InChI=1S/C13H14N6O2.ClH/c1-2-3-9(20)18-5-4-8(6-18)19-12-10(17-13(19)21)11(14)15-7-16-12;/h7-8H,4-6H2,1H3,(H,17,21)(H2,14,15,16);1H/t8-;/m1./s1. The van der Waals surface area contributed by atoms with E-state index in [1.807, 2.05) is 0 Å². The summed E-state index contributed by atoms with van der Waals surface area (Å²) in [6, 6.07) is -0.136. The molecule has 1 atom stereocenters. The molecule has 0 radical (unpaired) electrons. The lowest BCUT2D eigenvalue weighted by molar-refractivity contribution is -0.124. The summed E-state index contributed by atoms with van der Waals surface area (Å²) in [5.41, 5.74) is 6.34. The van der Waals surface area contributed by atoms with Gasteiger partial charge in [0.1, 0.15) is 11.8 Å². The second kappa shape index (κ2) is 6.07. The molecule has 1 fully saturated rings. The monoisotopic (exact) mass is 322 g/mol. The van der Waals surface area contributed by atoms with E-state index in [1.165, 1.54) is 6.33 Å². The molecule has 0 spiro atoms. The fourth-order valence-corrected chi connectivity index (χ4v) is 2.62. The number of hydrogen-bond acceptors (Lipinski definition) is 5. The third-order valence-corrected chi connectivity index (χ3v) is 3.58. The summed E-state index contributed by atoms with van der Waals surface area (Å²) in [6.07, 6.45) is 2.00. The van der Waals surface area contributed by atoms with Crippen LogP contribution in [0.5, 0.6) is 0 Å². The highest BCUT2D eigenvalue weighted by atomic mass is 35.5. The Morgan fingerprint density at radius 1 is 1.50 bits per heavy atom. The largest absolute Gasteiger partial charge is 0.382 e. The van der Waals surface area contributed by atoms with Gasteiger partial charge >= 0.3 is 5.69 Å². The summed E-state index contributed by atoms with van der Waals surface area (Å²) in [5.74, 6) is 5.11. The molecule has 22 heavy (non-hydrogen) atoms. The molecule has 0 aromatic carbocycles. The third kappa shape index (κ3) is 2.51. The van der Waals surface area contributed by atoms with Gasteiger partial charge in [0.25, 0.3) is 5.91 Å². The van der Waals surface area contributed by atoms with Crippen LogP contribution < -0.4 is 11.4 Å². The fourth-order valence-electron chi connectivity index (χ4n) is 2.62. The average Bonchev–Trinajstić information content (AvgIpc) is 3.03. The SMILES string of the molecule is CC#CC(=O)N1CC[C@@H](n2c(=O)[nH]c3c(N)ncnc32)C1.Cl. The summed E-state index contributed by atoms with van der Waals surface area (Å²) >= 11 is 0. The summed E-state index contributed by atoms with van der Waals surface area (Å²) in [6.45, 7) is 2.62. The number of nitrogens with two attached hydrogens (primary N) is 1. The van der Waals surface area contributed by atoms with E-state index < -0.39 is 0 Å². The highest BCUT2D eigenvalue weighted by Gasteiger charge is 2.29. The first kappa shape index (κ1) is 15.9. The Kier molecular flexibility index (Phi) is 4.37. The molecule has 8 nitrogen and oxygen atoms in total. The zero-order valence-corrected chi connectivity index (χ0v) is 12.7. The number of fused-ring (bicyclic) bond motifs is 1. The van der Waals surface area contributed by atoms with Gasteiger partial charge in [-0.05, 0) is 19.3 Å². The second-order valence-corrected chi connectivity index (χ2v) is 4.83. The number of hydrogen-bond donors (Lipinski definition) is 2. The molecule has 1 amide bonds. The van der Waals surface area contributed by atoms with Crippen LogP contribution in [-0.2, 0) is 4.79 Å². The molecule has 0 unspecified atom stereocenters. The number of amides is 1. The van der Waals surface area contributed by atoms with Crippen molar-refractivity contribution >= 4 is 35.3 Å². The van der Waals surface area contributed by atoms with Crippen molar-refractivity contribution in [2.45, 2.75) is 19.4 Å². The smallest absolute Gasteiger partial charge is 0.328 e. The van der Waals surface area contributed by atoms with E-state index in [0.717, 1.165) is 0 Å². The maximum Gasteiger partial charge on any atom is 0.328 e. The maximum absolute atomic E-state index is 12.1. The van der Waals surface area contributed by atoms with E-state index in [2.05, 4.69) is 26.8 Å². The number of anilines is 1. The maximum atomic E-state index is 12.1. The van der Waals surface area contributed by atoms with Crippen LogP contribution in [-0.4, -0.2) is 43.4 Å². The molecule has 0 bridgehead atoms. The quantitative estimate of drug-likeness (QED) is 0.714. The van der Waals surface area contributed by atoms with E-state index in [0.29, 0.717) is 30.7 Å². The van der Waals surface area contributed by atoms with Gasteiger partial charge in [-0.15, -0.1) is 12.4 Å². The first-order valence-electron chi connectivity index (χ1n) is 6.54. The number of aromatic amines is 1. The number of aromatic nitrogens is 4. The van der Waals surface area contributed by atoms with Gasteiger partial charge in [0.05, 0.1) is 6.04 Å². The van der Waals surface area contributed by atoms with Crippen LogP contribution in [0.3, 0.4) is 0 Å². The van der Waals surface area contributed by atoms with Crippen molar-refractivity contribution in [3.8, 4) is 11.8 Å². The normalized spacial score (nSPS) is 17.0. The highest BCUT2D eigenvalue weighted by Crippen LogP contribution is 2.24. The molecule has 3 N–H and O–H groups in total. The number of imidazole rings is 1. The van der Waals surface area contributed by atoms with Crippen LogP contribution in [0.2, 0.25) is 0 Å². The van der Waals surface area contributed by atoms with Gasteiger partial charge in [-0.2, -0.15) is 0 Å². The third-order valence-electron chi connectivity index (χ3n) is 3.58. The van der Waals surface area contributed by atoms with Gasteiger partial charge < -0.3 is 15.6 Å². The Morgan fingerprint density at radius 2 is 2.27 bits per heavy atom. The Balaban J connectivity index is 0.00000176. The zero-order chi connectivity index (χ0) is 15.0. The molecule has 2 aromatic heterocycles. The predicted molar refractivity (Wildman–Crippen MR) is 83.5 cm³/mol. The summed E-state index contributed by atoms with van der Waals surface area (Å²) in [5, 5.41) is 0. The van der Waals surface area contributed by atoms with Crippen LogP contribution in [0.4, 0.5) is 5.82 Å². The number of nitrogens with one attached hydrogen (secondary N) is 1. The number of nitrogens with zero attached hydrogens (tertiary/aromatic N) is 4. The van der Waals surface area contributed by atoms with E-state index >= 15 is 0 Å². The molecule has 116 valence electrons. The minimum Gasteiger partial charge on any atom is -0.382 e. The topological polar surface area (TPSA) is 110 Å². The summed E-state index contributed by atoms with van der Waals surface area (Å²) in [4.78, 5) is 36.2. The summed E-state index contributed by atoms with van der Waals surface area (Å²) in [7, 11) is 0. The number of halogens is 1. The van der Waals surface area contributed by atoms with Crippen molar-refractivity contribution in [3.05, 3.63) is 16.8 Å². The molecule has 3 rings (SSSR count). The van der Waals surface area contributed by atoms with E-state index in [1.54, 1.807) is 16.4 Å². The minimum atomic E-state index is -0.293. The van der Waals surface area contributed by atoms with E-state index in [9.17, 15) is 9.59 Å². The molecule has 3 heterocycles. The first-order valence-corrected chi connectivity index (χ1v) is 6.54. The first-order chi connectivity index (χ1) is 10.1. The van der Waals surface area contributed by atoms with Crippen molar-refractivity contribution in [2.24, 2.45) is 0 Å². The molecule has 9 heteroatoms. The van der Waals surface area contributed by atoms with Crippen LogP contribution >= 0.6 is 12.4 Å². The molecular formula is C13H15ClN6O2. The van der Waals surface area contributed by atoms with Gasteiger partial charge in [-0.1, -0.05) is 5.92 Å². The number of rotatable bonds is 1. The van der Waals surface area contributed by atoms with Gasteiger partial charge in [-0.3, -0.25) is 9.36 Å². The zero-order valence-electron chi connectivity index (χ0n) is 11.9. The lowest BCUT2D eigenvalue weighted by Crippen LogP contribution is -2.29. The van der Waals surface area contributed by atoms with Gasteiger partial charge in [0.15, 0.2) is 11.5 Å². The lowest BCUT2D eigenvalue weighted by Gasteiger charge is -2.13. The van der Waals surface area contributed by atoms with Crippen molar-refractivity contribution < 1.29 is 4.79 Å². The molecule has 2 aromatic rings. The average molecular weight is 323 g/mol. The molecule has 1 saturated heterocycles. The molecule has 0 aliphatic carbocycles. The van der Waals surface area contributed by atoms with Crippen molar-refractivity contribution in [2.75, 3.05) is 18.8 Å². The van der Waals surface area contributed by atoms with Crippen LogP contribution in [0, 0.1) is 11.8 Å². The number of nitrogen functional groups attached to an aromatic ring is 1. The Bertz CT molecular complexity index is 830.